The number of para-hydroxylation sites is 1. The quantitative estimate of drug-likeness (QED) is 0.503. The number of rotatable bonds is 5. The van der Waals surface area contributed by atoms with Gasteiger partial charge in [0.1, 0.15) is 17.7 Å². The second-order valence-electron chi connectivity index (χ2n) is 7.40. The zero-order valence-corrected chi connectivity index (χ0v) is 17.5. The normalized spacial score (nSPS) is 21.7. The minimum atomic E-state index is -1.08. The minimum absolute atomic E-state index is 0.0947. The fourth-order valence-corrected chi connectivity index (χ4v) is 4.22. The van der Waals surface area contributed by atoms with Crippen molar-refractivity contribution in [1.29, 1.82) is 0 Å². The van der Waals surface area contributed by atoms with Gasteiger partial charge in [0.2, 0.25) is 5.91 Å². The van der Waals surface area contributed by atoms with Crippen molar-refractivity contribution in [2.75, 3.05) is 12.0 Å². The first-order valence-electron chi connectivity index (χ1n) is 8.68. The first-order valence-corrected chi connectivity index (χ1v) is 9.47. The summed E-state index contributed by atoms with van der Waals surface area (Å²) in [5, 5.41) is 5.67. The summed E-state index contributed by atoms with van der Waals surface area (Å²) < 4.78 is 5.35. The number of halogens is 1. The molecule has 2 aliphatic heterocycles. The Morgan fingerprint density at radius 3 is 2.43 bits per heavy atom. The zero-order valence-electron chi connectivity index (χ0n) is 15.9. The molecule has 0 radical (unpaired) electrons. The van der Waals surface area contributed by atoms with Gasteiger partial charge in [-0.1, -0.05) is 12.1 Å². The van der Waals surface area contributed by atoms with Crippen molar-refractivity contribution in [3.8, 4) is 0 Å². The number of esters is 1. The van der Waals surface area contributed by atoms with E-state index in [4.69, 9.17) is 4.74 Å². The lowest BCUT2D eigenvalue weighted by Crippen LogP contribution is -2.50. The number of ether oxygens (including phenoxy) is 1. The fourth-order valence-electron chi connectivity index (χ4n) is 3.76. The maximum Gasteiger partial charge on any atom is 0.355 e. The number of imide groups is 1. The molecule has 9 heteroatoms. The number of ketones is 1. The molecule has 0 aromatic heterocycles. The summed E-state index contributed by atoms with van der Waals surface area (Å²) >= 11 is 3.36. The molecule has 0 spiro atoms. The molecule has 2 atom stereocenters. The Hall–Kier alpha value is -2.55. The van der Waals surface area contributed by atoms with Crippen LogP contribution >= 0.6 is 15.9 Å². The van der Waals surface area contributed by atoms with Gasteiger partial charge < -0.3 is 4.74 Å². The van der Waals surface area contributed by atoms with E-state index in [1.54, 1.807) is 38.1 Å². The molecule has 0 unspecified atom stereocenters. The number of nitrogens with zero attached hydrogens (tertiary/aromatic N) is 3. The van der Waals surface area contributed by atoms with E-state index in [2.05, 4.69) is 21.0 Å². The number of benzene rings is 1. The fraction of sp³-hybridized carbons (Fsp3) is 0.421. The number of fused-ring (bicyclic) bond motifs is 1. The predicted molar refractivity (Wildman–Crippen MR) is 105 cm³/mol. The number of hydrogen-bond acceptors (Lipinski definition) is 7. The second-order valence-corrected chi connectivity index (χ2v) is 8.25. The monoisotopic (exact) mass is 449 g/mol. The van der Waals surface area contributed by atoms with E-state index in [9.17, 15) is 19.2 Å². The molecule has 2 aliphatic rings. The largest absolute Gasteiger partial charge is 0.464 e. The number of carbonyl (C=O) groups is 4. The molecule has 3 rings (SSSR count). The van der Waals surface area contributed by atoms with Crippen LogP contribution in [0.5, 0.6) is 0 Å². The van der Waals surface area contributed by atoms with E-state index in [0.29, 0.717) is 10.2 Å². The predicted octanol–water partition coefficient (Wildman–Crippen LogP) is 1.91. The third-order valence-corrected chi connectivity index (χ3v) is 5.51. The summed E-state index contributed by atoms with van der Waals surface area (Å²) in [5.74, 6) is -3.00. The molecular weight excluding hydrogens is 430 g/mol. The van der Waals surface area contributed by atoms with Gasteiger partial charge in [-0.05, 0) is 48.8 Å². The van der Waals surface area contributed by atoms with Crippen LogP contribution in [-0.4, -0.2) is 53.0 Å². The molecule has 2 heterocycles. The number of carbonyl (C=O) groups excluding carboxylic acids is 4. The van der Waals surface area contributed by atoms with Crippen LogP contribution < -0.4 is 4.90 Å². The third kappa shape index (κ3) is 3.13. The van der Waals surface area contributed by atoms with Crippen LogP contribution in [0, 0.1) is 5.92 Å². The third-order valence-electron chi connectivity index (χ3n) is 4.84. The molecule has 0 bridgehead atoms. The van der Waals surface area contributed by atoms with E-state index in [0.717, 1.165) is 4.90 Å². The van der Waals surface area contributed by atoms with E-state index in [-0.39, 0.29) is 17.9 Å². The Kier molecular flexibility index (Phi) is 5.14. The van der Waals surface area contributed by atoms with Gasteiger partial charge in [0.15, 0.2) is 5.71 Å². The van der Waals surface area contributed by atoms with Crippen LogP contribution in [0.25, 0.3) is 0 Å². The Balaban J connectivity index is 2.10. The van der Waals surface area contributed by atoms with Crippen LogP contribution in [0.4, 0.5) is 5.69 Å². The van der Waals surface area contributed by atoms with Crippen molar-refractivity contribution in [3.05, 3.63) is 28.7 Å². The van der Waals surface area contributed by atoms with E-state index in [1.165, 1.54) is 19.0 Å². The highest BCUT2D eigenvalue weighted by molar-refractivity contribution is 9.10. The molecule has 1 saturated heterocycles. The van der Waals surface area contributed by atoms with Gasteiger partial charge >= 0.3 is 5.97 Å². The summed E-state index contributed by atoms with van der Waals surface area (Å²) in [6, 6.07) is 5.82. The average Bonchev–Trinajstić information content (AvgIpc) is 3.12. The van der Waals surface area contributed by atoms with E-state index < -0.39 is 35.3 Å². The summed E-state index contributed by atoms with van der Waals surface area (Å²) in [7, 11) is 1.19. The maximum atomic E-state index is 13.3. The first-order chi connectivity index (χ1) is 13.1. The molecule has 8 nitrogen and oxygen atoms in total. The Morgan fingerprint density at radius 2 is 1.86 bits per heavy atom. The van der Waals surface area contributed by atoms with Gasteiger partial charge in [-0.3, -0.25) is 19.4 Å². The Bertz CT molecular complexity index is 911. The number of anilines is 1. The highest BCUT2D eigenvalue weighted by atomic mass is 79.9. The molecule has 2 amide bonds. The summed E-state index contributed by atoms with van der Waals surface area (Å²) in [5.41, 5.74) is -0.609. The number of Topliss-reactive ketones (excluding diaryl/α,β-unsaturated/α-hetero) is 1. The standard InChI is InChI=1S/C19H20BrN3O5/c1-10(24)9-19(2,3)23-15-13(14(21-23)18(27)28-4)16(25)22(17(15)26)12-8-6-5-7-11(12)20/h5-8,13,15H,9H2,1-4H3/t13-,15+/m0/s1. The molecule has 0 saturated carbocycles. The topological polar surface area (TPSA) is 96.3 Å². The molecule has 148 valence electrons. The highest BCUT2D eigenvalue weighted by Crippen LogP contribution is 2.41. The molecule has 1 aromatic rings. The van der Waals surface area contributed by atoms with Crippen molar-refractivity contribution in [2.45, 2.75) is 38.8 Å². The number of hydrazone groups is 1. The SMILES string of the molecule is COC(=O)C1=NN(C(C)(C)CC(C)=O)[C@H]2C(=O)N(c3ccccc3Br)C(=O)[C@@H]12. The molecular formula is C19H20BrN3O5. The van der Waals surface area contributed by atoms with Gasteiger partial charge in [0.05, 0.1) is 18.3 Å². The van der Waals surface area contributed by atoms with Crippen molar-refractivity contribution >= 4 is 50.9 Å². The van der Waals surface area contributed by atoms with Gasteiger partial charge in [0.25, 0.3) is 5.91 Å². The van der Waals surface area contributed by atoms with Gasteiger partial charge in [-0.25, -0.2) is 9.69 Å². The van der Waals surface area contributed by atoms with Crippen molar-refractivity contribution < 1.29 is 23.9 Å². The highest BCUT2D eigenvalue weighted by Gasteiger charge is 2.61. The van der Waals surface area contributed by atoms with Crippen LogP contribution in [0.2, 0.25) is 0 Å². The number of hydrogen-bond donors (Lipinski definition) is 0. The van der Waals surface area contributed by atoms with Gasteiger partial charge in [-0.15, -0.1) is 0 Å². The van der Waals surface area contributed by atoms with E-state index >= 15 is 0 Å². The van der Waals surface area contributed by atoms with Crippen molar-refractivity contribution in [2.24, 2.45) is 11.0 Å². The average molecular weight is 450 g/mol. The van der Waals surface area contributed by atoms with Crippen LogP contribution in [-0.2, 0) is 23.9 Å². The minimum Gasteiger partial charge on any atom is -0.464 e. The molecule has 28 heavy (non-hydrogen) atoms. The van der Waals surface area contributed by atoms with E-state index in [1.807, 2.05) is 0 Å². The van der Waals surface area contributed by atoms with Crippen molar-refractivity contribution in [1.82, 2.24) is 5.01 Å². The molecule has 0 aliphatic carbocycles. The van der Waals surface area contributed by atoms with Gasteiger partial charge in [0, 0.05) is 10.9 Å². The lowest BCUT2D eigenvalue weighted by Gasteiger charge is -2.36. The summed E-state index contributed by atoms with van der Waals surface area (Å²) in [6.07, 6.45) is 0.102. The lowest BCUT2D eigenvalue weighted by molar-refractivity contribution is -0.133. The number of amides is 2. The number of methoxy groups -OCH3 is 1. The van der Waals surface area contributed by atoms with Crippen LogP contribution in [0.1, 0.15) is 27.2 Å². The van der Waals surface area contributed by atoms with Gasteiger partial charge in [-0.2, -0.15) is 5.10 Å². The van der Waals surface area contributed by atoms with Crippen LogP contribution in [0.3, 0.4) is 0 Å². The Morgan fingerprint density at radius 1 is 1.21 bits per heavy atom. The van der Waals surface area contributed by atoms with Crippen LogP contribution in [0.15, 0.2) is 33.8 Å². The summed E-state index contributed by atoms with van der Waals surface area (Å²) in [6.45, 7) is 4.93. The molecule has 1 fully saturated rings. The zero-order chi connectivity index (χ0) is 20.8. The second kappa shape index (κ2) is 7.12. The van der Waals surface area contributed by atoms with Crippen molar-refractivity contribution in [3.63, 3.8) is 0 Å². The molecule has 0 N–H and O–H groups in total. The smallest absolute Gasteiger partial charge is 0.355 e. The first kappa shape index (κ1) is 20.2. The lowest BCUT2D eigenvalue weighted by atomic mass is 9.92. The summed E-state index contributed by atoms with van der Waals surface area (Å²) in [4.78, 5) is 51.5. The molecule has 1 aromatic carbocycles. The maximum absolute atomic E-state index is 13.3. The Labute approximate surface area is 170 Å².